The van der Waals surface area contributed by atoms with E-state index in [4.69, 9.17) is 27.9 Å². The van der Waals surface area contributed by atoms with Gasteiger partial charge in [0, 0.05) is 18.2 Å². The summed E-state index contributed by atoms with van der Waals surface area (Å²) in [5.74, 6) is -1.39. The van der Waals surface area contributed by atoms with Gasteiger partial charge in [-0.25, -0.2) is 13.2 Å². The molecule has 0 heterocycles. The van der Waals surface area contributed by atoms with Gasteiger partial charge in [-0.15, -0.1) is 0 Å². The fourth-order valence-corrected chi connectivity index (χ4v) is 5.07. The number of ether oxygens (including phenoxy) is 1. The molecule has 188 valence electrons. The van der Waals surface area contributed by atoms with Crippen LogP contribution in [0.5, 0.6) is 0 Å². The van der Waals surface area contributed by atoms with Gasteiger partial charge in [-0.05, 0) is 35.9 Å². The number of carbonyl (C=O) groups excluding carboxylic acids is 2. The number of nitro benzene ring substituents is 1. The van der Waals surface area contributed by atoms with Crippen LogP contribution in [0.1, 0.15) is 15.9 Å². The molecule has 0 aliphatic heterocycles. The highest BCUT2D eigenvalue weighted by Crippen LogP contribution is 2.26. The van der Waals surface area contributed by atoms with Gasteiger partial charge in [0.25, 0.3) is 21.6 Å². The first-order chi connectivity index (χ1) is 17.0. The zero-order chi connectivity index (χ0) is 26.5. The maximum Gasteiger partial charge on any atom is 0.328 e. The van der Waals surface area contributed by atoms with Crippen LogP contribution in [0, 0.1) is 10.1 Å². The van der Waals surface area contributed by atoms with Gasteiger partial charge in [-0.1, -0.05) is 53.5 Å². The summed E-state index contributed by atoms with van der Waals surface area (Å²) >= 11 is 12.1. The lowest BCUT2D eigenvalue weighted by molar-refractivity contribution is -0.387. The number of nitrogens with zero attached hydrogens (tertiary/aromatic N) is 1. The van der Waals surface area contributed by atoms with Crippen LogP contribution in [0.4, 0.5) is 11.4 Å². The summed E-state index contributed by atoms with van der Waals surface area (Å²) in [4.78, 5) is 34.9. The summed E-state index contributed by atoms with van der Waals surface area (Å²) in [6.45, 7) is 0. The third-order valence-electron chi connectivity index (χ3n) is 4.98. The molecule has 0 aliphatic rings. The zero-order valence-corrected chi connectivity index (χ0v) is 20.9. The van der Waals surface area contributed by atoms with Gasteiger partial charge in [-0.2, -0.15) is 0 Å². The Kier molecular flexibility index (Phi) is 8.51. The standard InChI is InChI=1S/C23H19Cl2N3O7S/c1-35-23(30)18(26-22(29)21-16(24)5-4-6-17(21)25)13-14-9-11-15(12-10-14)27-36(33,34)20-8-3-2-7-19(20)28(31)32/h2-12,18,27H,13H2,1H3,(H,26,29)/t18-/m0/s1. The third-order valence-corrected chi connectivity index (χ3v) is 7.04. The fourth-order valence-electron chi connectivity index (χ4n) is 3.27. The summed E-state index contributed by atoms with van der Waals surface area (Å²) in [5.41, 5.74) is 0.148. The molecule has 0 bridgehead atoms. The fraction of sp³-hybridized carbons (Fsp3) is 0.130. The van der Waals surface area contributed by atoms with E-state index in [0.717, 1.165) is 12.1 Å². The van der Waals surface area contributed by atoms with Crippen LogP contribution in [0.15, 0.2) is 71.6 Å². The maximum atomic E-state index is 12.7. The molecule has 0 saturated heterocycles. The van der Waals surface area contributed by atoms with Crippen LogP contribution >= 0.6 is 23.2 Å². The number of anilines is 1. The molecule has 0 unspecified atom stereocenters. The lowest BCUT2D eigenvalue weighted by atomic mass is 10.0. The molecule has 1 atom stereocenters. The predicted octanol–water partition coefficient (Wildman–Crippen LogP) is 4.22. The minimum atomic E-state index is -4.24. The molecule has 3 aromatic rings. The Balaban J connectivity index is 1.77. The molecule has 10 nitrogen and oxygen atoms in total. The molecule has 0 radical (unpaired) electrons. The van der Waals surface area contributed by atoms with Crippen molar-refractivity contribution < 1.29 is 27.7 Å². The number of rotatable bonds is 9. The summed E-state index contributed by atoms with van der Waals surface area (Å²) in [6.07, 6.45) is 0.0116. The average Bonchev–Trinajstić information content (AvgIpc) is 2.84. The summed E-state index contributed by atoms with van der Waals surface area (Å²) in [6, 6.07) is 14.3. The van der Waals surface area contributed by atoms with Crippen LogP contribution in [-0.2, 0) is 26.0 Å². The van der Waals surface area contributed by atoms with Gasteiger partial charge in [0.05, 0.1) is 27.6 Å². The number of methoxy groups -OCH3 is 1. The van der Waals surface area contributed by atoms with Gasteiger partial charge in [-0.3, -0.25) is 19.6 Å². The van der Waals surface area contributed by atoms with Crippen molar-refractivity contribution in [2.45, 2.75) is 17.4 Å². The minimum absolute atomic E-state index is 0.00879. The number of halogens is 2. The SMILES string of the molecule is COC(=O)[C@H](Cc1ccc(NS(=O)(=O)c2ccccc2[N+](=O)[O-])cc1)NC(=O)c1c(Cl)cccc1Cl. The number of hydrogen-bond donors (Lipinski definition) is 2. The van der Waals surface area contributed by atoms with Crippen molar-refractivity contribution in [3.63, 3.8) is 0 Å². The van der Waals surface area contributed by atoms with E-state index in [1.54, 1.807) is 6.07 Å². The Morgan fingerprint density at radius 3 is 2.19 bits per heavy atom. The van der Waals surface area contributed by atoms with E-state index >= 15 is 0 Å². The van der Waals surface area contributed by atoms with Gasteiger partial charge in [0.1, 0.15) is 6.04 Å². The van der Waals surface area contributed by atoms with E-state index in [1.165, 1.54) is 55.6 Å². The van der Waals surface area contributed by atoms with Crippen LogP contribution in [0.3, 0.4) is 0 Å². The lowest BCUT2D eigenvalue weighted by Crippen LogP contribution is -2.43. The molecular weight excluding hydrogens is 533 g/mol. The van der Waals surface area contributed by atoms with E-state index in [1.807, 2.05) is 0 Å². The number of nitrogens with one attached hydrogen (secondary N) is 2. The third kappa shape index (κ3) is 6.30. The van der Waals surface area contributed by atoms with Crippen molar-refractivity contribution in [1.29, 1.82) is 0 Å². The molecule has 0 aliphatic carbocycles. The van der Waals surface area contributed by atoms with E-state index in [-0.39, 0.29) is 27.7 Å². The number of amides is 1. The molecule has 3 rings (SSSR count). The van der Waals surface area contributed by atoms with Gasteiger partial charge in [0.2, 0.25) is 0 Å². The van der Waals surface area contributed by atoms with Crippen molar-refractivity contribution in [1.82, 2.24) is 5.32 Å². The number of esters is 1. The van der Waals surface area contributed by atoms with Crippen LogP contribution in [0.2, 0.25) is 10.0 Å². The Hall–Kier alpha value is -3.67. The van der Waals surface area contributed by atoms with Crippen molar-refractivity contribution >= 4 is 56.5 Å². The molecule has 13 heteroatoms. The molecule has 3 aromatic carbocycles. The number of para-hydroxylation sites is 1. The molecule has 0 aromatic heterocycles. The first-order valence-electron chi connectivity index (χ1n) is 10.2. The molecule has 0 saturated carbocycles. The highest BCUT2D eigenvalue weighted by molar-refractivity contribution is 7.92. The Bertz CT molecular complexity index is 1390. The Labute approximate surface area is 216 Å². The number of carbonyl (C=O) groups is 2. The highest BCUT2D eigenvalue weighted by atomic mass is 35.5. The zero-order valence-electron chi connectivity index (χ0n) is 18.6. The van der Waals surface area contributed by atoms with E-state index in [9.17, 15) is 28.1 Å². The number of sulfonamides is 1. The summed E-state index contributed by atoms with van der Waals surface area (Å²) in [7, 11) is -3.07. The quantitative estimate of drug-likeness (QED) is 0.230. The van der Waals surface area contributed by atoms with E-state index < -0.39 is 43.4 Å². The number of hydrogen-bond acceptors (Lipinski definition) is 7. The second kappa shape index (κ2) is 11.4. The summed E-state index contributed by atoms with van der Waals surface area (Å²) < 4.78 is 32.4. The minimum Gasteiger partial charge on any atom is -0.467 e. The second-order valence-electron chi connectivity index (χ2n) is 7.38. The van der Waals surface area contributed by atoms with Crippen molar-refractivity contribution in [3.05, 3.63) is 98.0 Å². The predicted molar refractivity (Wildman–Crippen MR) is 134 cm³/mol. The highest BCUT2D eigenvalue weighted by Gasteiger charge is 2.26. The van der Waals surface area contributed by atoms with Gasteiger partial charge < -0.3 is 10.1 Å². The summed E-state index contributed by atoms with van der Waals surface area (Å²) in [5, 5.41) is 14.0. The number of nitro groups is 1. The largest absolute Gasteiger partial charge is 0.467 e. The topological polar surface area (TPSA) is 145 Å². The van der Waals surface area contributed by atoms with Crippen molar-refractivity contribution in [2.75, 3.05) is 11.8 Å². The van der Waals surface area contributed by atoms with Crippen LogP contribution in [0.25, 0.3) is 0 Å². The van der Waals surface area contributed by atoms with Crippen molar-refractivity contribution in [3.8, 4) is 0 Å². The van der Waals surface area contributed by atoms with Crippen molar-refractivity contribution in [2.24, 2.45) is 0 Å². The lowest BCUT2D eigenvalue weighted by Gasteiger charge is -2.18. The molecule has 1 amide bonds. The second-order valence-corrected chi connectivity index (χ2v) is 9.84. The average molecular weight is 552 g/mol. The molecule has 0 fully saturated rings. The first kappa shape index (κ1) is 26.9. The molecule has 0 spiro atoms. The first-order valence-corrected chi connectivity index (χ1v) is 12.4. The Morgan fingerprint density at radius 1 is 1.00 bits per heavy atom. The van der Waals surface area contributed by atoms with Crippen LogP contribution < -0.4 is 10.0 Å². The maximum absolute atomic E-state index is 12.7. The normalized spacial score (nSPS) is 11.9. The Morgan fingerprint density at radius 2 is 1.61 bits per heavy atom. The van der Waals surface area contributed by atoms with Gasteiger partial charge in [0.15, 0.2) is 4.90 Å². The molecule has 2 N–H and O–H groups in total. The monoisotopic (exact) mass is 551 g/mol. The van der Waals surface area contributed by atoms with E-state index in [0.29, 0.717) is 5.56 Å². The van der Waals surface area contributed by atoms with Gasteiger partial charge >= 0.3 is 5.97 Å². The van der Waals surface area contributed by atoms with E-state index in [2.05, 4.69) is 10.0 Å². The van der Waals surface area contributed by atoms with Crippen LogP contribution in [-0.4, -0.2) is 38.4 Å². The molecule has 36 heavy (non-hydrogen) atoms. The number of benzene rings is 3. The smallest absolute Gasteiger partial charge is 0.328 e. The molecular formula is C23H19Cl2N3O7S.